The summed E-state index contributed by atoms with van der Waals surface area (Å²) < 4.78 is 50.5. The molecule has 2 saturated heterocycles. The van der Waals surface area contributed by atoms with Gasteiger partial charge in [-0.2, -0.15) is 0 Å². The fourth-order valence-electron chi connectivity index (χ4n) is 3.39. The van der Waals surface area contributed by atoms with Gasteiger partial charge in [0.05, 0.1) is 31.7 Å². The Bertz CT molecular complexity index is 1460. The van der Waals surface area contributed by atoms with Crippen LogP contribution in [0.25, 0.3) is 11.4 Å². The van der Waals surface area contributed by atoms with E-state index in [9.17, 15) is 17.6 Å². The molecule has 6 rings (SSSR count). The second-order valence-corrected chi connectivity index (χ2v) is 9.28. The van der Waals surface area contributed by atoms with Crippen molar-refractivity contribution in [1.82, 2.24) is 39.9 Å². The van der Waals surface area contributed by atoms with Crippen LogP contribution in [0.15, 0.2) is 49.3 Å². The quantitative estimate of drug-likeness (QED) is 0.140. The highest BCUT2D eigenvalue weighted by Crippen LogP contribution is 2.30. The molecule has 14 nitrogen and oxygen atoms in total. The maximum atomic E-state index is 12.7. The Balaban J connectivity index is 0.000000157. The zero-order chi connectivity index (χ0) is 30.5. The summed E-state index contributed by atoms with van der Waals surface area (Å²) in [5.41, 5.74) is 11.5. The van der Waals surface area contributed by atoms with Gasteiger partial charge in [0, 0.05) is 42.6 Å². The van der Waals surface area contributed by atoms with Gasteiger partial charge in [-0.15, -0.1) is 0 Å². The largest absolute Gasteiger partial charge is 0.491 e. The molecule has 20 heteroatoms. The van der Waals surface area contributed by atoms with Crippen LogP contribution in [0.2, 0.25) is 5.28 Å². The number of nitrogen functional groups attached to an aromatic ring is 2. The standard InChI is InChI=1S/C11H10F2N6.C7H8BF2N3O2.C4H4ClN3/c12-11(13)5-19(6-11)10-16-3-7(4-17-10)9-15-2-1-8(14)18-9;9-7(10)3-13(4-7)6-11-1-5(2-12-6)8(14)15;5-4-7-2-1-3(6)8-4/h1-4H,5-6H2,(H2,14,15,18);1-2,14-15H,3-4H2;1-2H,(H2,6,7,8). The Morgan fingerprint density at radius 1 is 0.714 bits per heavy atom. The van der Waals surface area contributed by atoms with E-state index in [1.807, 2.05) is 0 Å². The Morgan fingerprint density at radius 2 is 1.17 bits per heavy atom. The Kier molecular flexibility index (Phi) is 9.13. The summed E-state index contributed by atoms with van der Waals surface area (Å²) >= 11 is 5.34. The zero-order valence-electron chi connectivity index (χ0n) is 21.4. The normalized spacial score (nSPS) is 16.1. The number of nitrogens with two attached hydrogens (primary N) is 2. The van der Waals surface area contributed by atoms with Gasteiger partial charge in [0.1, 0.15) is 11.6 Å². The predicted molar refractivity (Wildman–Crippen MR) is 145 cm³/mol. The number of hydrogen-bond acceptors (Lipinski definition) is 14. The van der Waals surface area contributed by atoms with Gasteiger partial charge in [0.25, 0.3) is 11.8 Å². The maximum Gasteiger partial charge on any atom is 0.491 e. The zero-order valence-corrected chi connectivity index (χ0v) is 22.2. The third-order valence-electron chi connectivity index (χ3n) is 5.43. The summed E-state index contributed by atoms with van der Waals surface area (Å²) in [5.74, 6) is -3.72. The monoisotopic (exact) mass is 608 g/mol. The third kappa shape index (κ3) is 8.27. The van der Waals surface area contributed by atoms with Crippen LogP contribution >= 0.6 is 11.6 Å². The van der Waals surface area contributed by atoms with Crippen molar-refractivity contribution in [3.05, 3.63) is 54.6 Å². The van der Waals surface area contributed by atoms with Gasteiger partial charge in [0.2, 0.25) is 17.2 Å². The molecule has 0 aliphatic carbocycles. The molecule has 0 saturated carbocycles. The Hall–Kier alpha value is -4.49. The molecule has 2 fully saturated rings. The summed E-state index contributed by atoms with van der Waals surface area (Å²) in [6.07, 6.45) is 8.42. The number of hydrogen-bond donors (Lipinski definition) is 4. The van der Waals surface area contributed by atoms with Crippen molar-refractivity contribution < 1.29 is 27.6 Å². The van der Waals surface area contributed by atoms with Crippen molar-refractivity contribution >= 4 is 47.7 Å². The summed E-state index contributed by atoms with van der Waals surface area (Å²) in [6, 6.07) is 3.15. The van der Waals surface area contributed by atoms with E-state index in [0.717, 1.165) is 0 Å². The molecule has 0 radical (unpaired) electrons. The van der Waals surface area contributed by atoms with Crippen LogP contribution in [0.3, 0.4) is 0 Å². The molecule has 220 valence electrons. The number of anilines is 4. The summed E-state index contributed by atoms with van der Waals surface area (Å²) in [6.45, 7) is -1.48. The molecule has 6 N–H and O–H groups in total. The number of halogens is 5. The molecule has 42 heavy (non-hydrogen) atoms. The number of rotatable bonds is 4. The van der Waals surface area contributed by atoms with Gasteiger partial charge < -0.3 is 31.3 Å². The van der Waals surface area contributed by atoms with Crippen LogP contribution in [0.4, 0.5) is 41.1 Å². The van der Waals surface area contributed by atoms with E-state index in [0.29, 0.717) is 23.0 Å². The fourth-order valence-corrected chi connectivity index (χ4v) is 3.55. The minimum absolute atomic E-state index is 0.131. The lowest BCUT2D eigenvalue weighted by molar-refractivity contribution is -0.0277. The molecular formula is C22H22BClF4N12O2. The second kappa shape index (κ2) is 12.6. The van der Waals surface area contributed by atoms with E-state index in [1.165, 1.54) is 47.0 Å². The highest BCUT2D eigenvalue weighted by molar-refractivity contribution is 6.58. The average Bonchev–Trinajstić information content (AvgIpc) is 2.91. The first-order valence-electron chi connectivity index (χ1n) is 11.9. The molecule has 2 aliphatic heterocycles. The molecule has 0 amide bonds. The molecule has 4 aromatic heterocycles. The average molecular weight is 609 g/mol. The van der Waals surface area contributed by atoms with Gasteiger partial charge in [-0.05, 0) is 23.7 Å². The van der Waals surface area contributed by atoms with Gasteiger partial charge in [-0.1, -0.05) is 0 Å². The van der Waals surface area contributed by atoms with E-state index in [4.69, 9.17) is 33.1 Å². The fraction of sp³-hybridized carbons (Fsp3) is 0.273. The first-order valence-corrected chi connectivity index (χ1v) is 12.3. The van der Waals surface area contributed by atoms with Crippen LogP contribution < -0.4 is 26.7 Å². The van der Waals surface area contributed by atoms with Crippen molar-refractivity contribution in [2.24, 2.45) is 0 Å². The van der Waals surface area contributed by atoms with Crippen molar-refractivity contribution in [3.8, 4) is 11.4 Å². The van der Waals surface area contributed by atoms with Crippen molar-refractivity contribution in [1.29, 1.82) is 0 Å². The summed E-state index contributed by atoms with van der Waals surface area (Å²) in [4.78, 5) is 33.6. The van der Waals surface area contributed by atoms with Crippen molar-refractivity contribution in [2.45, 2.75) is 11.8 Å². The lowest BCUT2D eigenvalue weighted by atomic mass is 9.83. The number of alkyl halides is 4. The van der Waals surface area contributed by atoms with Crippen molar-refractivity contribution in [2.75, 3.05) is 47.4 Å². The van der Waals surface area contributed by atoms with E-state index in [2.05, 4.69) is 39.9 Å². The molecular weight excluding hydrogens is 587 g/mol. The topological polar surface area (TPSA) is 202 Å². The molecule has 0 spiro atoms. The first-order chi connectivity index (χ1) is 19.8. The molecule has 0 bridgehead atoms. The molecule has 2 aliphatic rings. The molecule has 6 heterocycles. The second-order valence-electron chi connectivity index (χ2n) is 8.94. The van der Waals surface area contributed by atoms with Crippen LogP contribution in [-0.2, 0) is 0 Å². The maximum absolute atomic E-state index is 12.7. The minimum atomic E-state index is -2.67. The Labute approximate surface area is 240 Å². The van der Waals surface area contributed by atoms with Gasteiger partial charge >= 0.3 is 7.12 Å². The minimum Gasteiger partial charge on any atom is -0.423 e. The summed E-state index contributed by atoms with van der Waals surface area (Å²) in [5, 5.41) is 17.7. The van der Waals surface area contributed by atoms with E-state index in [1.54, 1.807) is 12.1 Å². The number of aromatic nitrogens is 8. The van der Waals surface area contributed by atoms with Crippen LogP contribution in [0, 0.1) is 0 Å². The first kappa shape index (κ1) is 30.5. The predicted octanol–water partition coefficient (Wildman–Crippen LogP) is 0.295. The lowest BCUT2D eigenvalue weighted by Crippen LogP contribution is -2.57. The van der Waals surface area contributed by atoms with Gasteiger partial charge in [0.15, 0.2) is 5.82 Å². The highest BCUT2D eigenvalue weighted by atomic mass is 35.5. The van der Waals surface area contributed by atoms with Crippen molar-refractivity contribution in [3.63, 3.8) is 0 Å². The van der Waals surface area contributed by atoms with E-state index >= 15 is 0 Å². The van der Waals surface area contributed by atoms with Crippen LogP contribution in [-0.4, -0.2) is 95.1 Å². The van der Waals surface area contributed by atoms with Crippen LogP contribution in [0.1, 0.15) is 0 Å². The smallest absolute Gasteiger partial charge is 0.423 e. The van der Waals surface area contributed by atoms with Gasteiger partial charge in [-0.3, -0.25) is 0 Å². The SMILES string of the molecule is Nc1ccnc(-c2cnc(N3CC(F)(F)C3)nc2)n1.Nc1ccnc(Cl)n1.OB(O)c1cnc(N2CC(F)(F)C2)nc1. The van der Waals surface area contributed by atoms with E-state index in [-0.39, 0.29) is 35.7 Å². The van der Waals surface area contributed by atoms with Gasteiger partial charge in [-0.25, -0.2) is 57.4 Å². The Morgan fingerprint density at radius 3 is 1.55 bits per heavy atom. The highest BCUT2D eigenvalue weighted by Gasteiger charge is 2.45. The van der Waals surface area contributed by atoms with Crippen LogP contribution in [0.5, 0.6) is 0 Å². The molecule has 0 aromatic carbocycles. The molecule has 0 unspecified atom stereocenters. The number of nitrogens with zero attached hydrogens (tertiary/aromatic N) is 10. The van der Waals surface area contributed by atoms with E-state index < -0.39 is 32.1 Å². The third-order valence-corrected chi connectivity index (χ3v) is 5.61. The molecule has 4 aromatic rings. The lowest BCUT2D eigenvalue weighted by Gasteiger charge is -2.38. The molecule has 0 atom stereocenters. The summed E-state index contributed by atoms with van der Waals surface area (Å²) in [7, 11) is -1.64.